The molecule has 2 heteroatoms. The number of hydrogen-bond acceptors (Lipinski definition) is 2. The Morgan fingerprint density at radius 3 is 2.59 bits per heavy atom. The average Bonchev–Trinajstić information content (AvgIpc) is 2.39. The quantitative estimate of drug-likeness (QED) is 0.853. The molecule has 0 bridgehead atoms. The first-order valence-corrected chi connectivity index (χ1v) is 6.13. The maximum absolute atomic E-state index is 4.53. The minimum Gasteiger partial charge on any atom is -0.340 e. The predicted octanol–water partition coefficient (Wildman–Crippen LogP) is 3.95. The van der Waals surface area contributed by atoms with Gasteiger partial charge in [0.2, 0.25) is 0 Å². The molecule has 2 rings (SSSR count). The fourth-order valence-electron chi connectivity index (χ4n) is 1.76. The number of hydrogen-bond donors (Lipinski definition) is 1. The Bertz CT molecular complexity index is 446. The van der Waals surface area contributed by atoms with Crippen LogP contribution in [0, 0.1) is 0 Å². The molecule has 88 valence electrons. The summed E-state index contributed by atoms with van der Waals surface area (Å²) in [4.78, 5) is 4.53. The molecule has 1 aromatic heterocycles. The zero-order valence-corrected chi connectivity index (χ0v) is 10.4. The molecule has 1 heterocycles. The van der Waals surface area contributed by atoms with Gasteiger partial charge in [-0.1, -0.05) is 32.0 Å². The fourth-order valence-corrected chi connectivity index (χ4v) is 1.76. The normalized spacial score (nSPS) is 10.2. The minimum atomic E-state index is 0.914. The van der Waals surface area contributed by atoms with Gasteiger partial charge in [0.15, 0.2) is 0 Å². The highest BCUT2D eigenvalue weighted by molar-refractivity contribution is 5.57. The molecule has 0 atom stereocenters. The van der Waals surface area contributed by atoms with Gasteiger partial charge in [-0.3, -0.25) is 0 Å². The number of pyridine rings is 1. The maximum Gasteiger partial charge on any atom is 0.130 e. The molecule has 0 aliphatic carbocycles. The van der Waals surface area contributed by atoms with E-state index in [1.165, 1.54) is 5.56 Å². The Kier molecular flexibility index (Phi) is 3.76. The van der Waals surface area contributed by atoms with Gasteiger partial charge in [-0.25, -0.2) is 4.98 Å². The summed E-state index contributed by atoms with van der Waals surface area (Å²) in [6.45, 7) is 4.28. The Hall–Kier alpha value is -1.83. The van der Waals surface area contributed by atoms with E-state index < -0.39 is 0 Å². The van der Waals surface area contributed by atoms with E-state index in [4.69, 9.17) is 0 Å². The van der Waals surface area contributed by atoms with Crippen molar-refractivity contribution in [3.63, 3.8) is 0 Å². The summed E-state index contributed by atoms with van der Waals surface area (Å²) in [5.74, 6) is 0.914. The summed E-state index contributed by atoms with van der Waals surface area (Å²) < 4.78 is 0. The summed E-state index contributed by atoms with van der Waals surface area (Å²) in [5.41, 5.74) is 3.55. The van der Waals surface area contributed by atoms with E-state index in [1.807, 2.05) is 18.2 Å². The van der Waals surface area contributed by atoms with E-state index in [0.29, 0.717) is 0 Å². The topological polar surface area (TPSA) is 24.9 Å². The van der Waals surface area contributed by atoms with Crippen LogP contribution in [0.1, 0.15) is 25.1 Å². The summed E-state index contributed by atoms with van der Waals surface area (Å²) in [6.07, 6.45) is 2.02. The Morgan fingerprint density at radius 1 is 1.00 bits per heavy atom. The van der Waals surface area contributed by atoms with Gasteiger partial charge in [0, 0.05) is 11.4 Å². The molecule has 0 amide bonds. The lowest BCUT2D eigenvalue weighted by molar-refractivity contribution is 1.04. The summed E-state index contributed by atoms with van der Waals surface area (Å²) in [5, 5.41) is 3.34. The molecule has 0 saturated carbocycles. The second kappa shape index (κ2) is 5.48. The molecule has 0 saturated heterocycles. The molecular weight excluding hydrogens is 208 g/mol. The molecule has 0 aliphatic heterocycles. The van der Waals surface area contributed by atoms with Crippen LogP contribution in [-0.2, 0) is 12.8 Å². The monoisotopic (exact) mass is 226 g/mol. The van der Waals surface area contributed by atoms with E-state index in [9.17, 15) is 0 Å². The molecule has 0 aliphatic rings. The van der Waals surface area contributed by atoms with E-state index in [-0.39, 0.29) is 0 Å². The van der Waals surface area contributed by atoms with Crippen molar-refractivity contribution in [1.82, 2.24) is 4.98 Å². The van der Waals surface area contributed by atoms with Crippen LogP contribution in [-0.4, -0.2) is 4.98 Å². The molecule has 0 fully saturated rings. The van der Waals surface area contributed by atoms with Crippen molar-refractivity contribution in [2.75, 3.05) is 5.32 Å². The van der Waals surface area contributed by atoms with E-state index >= 15 is 0 Å². The smallest absolute Gasteiger partial charge is 0.130 e. The number of rotatable bonds is 4. The van der Waals surface area contributed by atoms with Crippen molar-refractivity contribution >= 4 is 11.5 Å². The molecule has 1 N–H and O–H groups in total. The van der Waals surface area contributed by atoms with Crippen LogP contribution in [0.4, 0.5) is 11.5 Å². The molecule has 1 aromatic carbocycles. The average molecular weight is 226 g/mol. The number of nitrogens with zero attached hydrogens (tertiary/aromatic N) is 1. The van der Waals surface area contributed by atoms with Gasteiger partial charge in [0.05, 0.1) is 0 Å². The third-order valence-electron chi connectivity index (χ3n) is 2.78. The number of aryl methyl sites for hydroxylation is 2. The summed E-state index contributed by atoms with van der Waals surface area (Å²) in [7, 11) is 0. The van der Waals surface area contributed by atoms with Gasteiger partial charge < -0.3 is 5.32 Å². The standard InChI is InChI=1S/C15H18N2/c1-3-12-7-5-9-14(11-12)17-15-10-6-8-13(4-2)16-15/h5-11H,3-4H2,1-2H3,(H,16,17). The zero-order chi connectivity index (χ0) is 12.1. The Morgan fingerprint density at radius 2 is 1.82 bits per heavy atom. The molecule has 2 aromatic rings. The summed E-state index contributed by atoms with van der Waals surface area (Å²) >= 11 is 0. The zero-order valence-electron chi connectivity index (χ0n) is 10.4. The van der Waals surface area contributed by atoms with Gasteiger partial charge in [0.1, 0.15) is 5.82 Å². The summed E-state index contributed by atoms with van der Waals surface area (Å²) in [6, 6.07) is 14.5. The van der Waals surface area contributed by atoms with Crippen molar-refractivity contribution in [1.29, 1.82) is 0 Å². The highest BCUT2D eigenvalue weighted by atomic mass is 15.0. The largest absolute Gasteiger partial charge is 0.340 e. The van der Waals surface area contributed by atoms with Crippen molar-refractivity contribution in [2.24, 2.45) is 0 Å². The third kappa shape index (κ3) is 3.06. The van der Waals surface area contributed by atoms with Crippen molar-refractivity contribution in [3.05, 3.63) is 53.7 Å². The van der Waals surface area contributed by atoms with Crippen LogP contribution < -0.4 is 5.32 Å². The maximum atomic E-state index is 4.53. The van der Waals surface area contributed by atoms with Crippen LogP contribution in [0.25, 0.3) is 0 Å². The highest BCUT2D eigenvalue weighted by Gasteiger charge is 1.98. The van der Waals surface area contributed by atoms with Crippen LogP contribution in [0.3, 0.4) is 0 Å². The van der Waals surface area contributed by atoms with Gasteiger partial charge in [0.25, 0.3) is 0 Å². The van der Waals surface area contributed by atoms with Gasteiger partial charge in [-0.15, -0.1) is 0 Å². The van der Waals surface area contributed by atoms with Crippen LogP contribution in [0.2, 0.25) is 0 Å². The van der Waals surface area contributed by atoms with E-state index in [0.717, 1.165) is 30.0 Å². The highest BCUT2D eigenvalue weighted by Crippen LogP contribution is 2.16. The second-order valence-corrected chi connectivity index (χ2v) is 4.05. The van der Waals surface area contributed by atoms with Crippen molar-refractivity contribution < 1.29 is 0 Å². The number of aromatic nitrogens is 1. The van der Waals surface area contributed by atoms with Gasteiger partial charge >= 0.3 is 0 Å². The number of benzene rings is 1. The first kappa shape index (κ1) is 11.6. The third-order valence-corrected chi connectivity index (χ3v) is 2.78. The van der Waals surface area contributed by atoms with E-state index in [2.05, 4.69) is 48.4 Å². The molecule has 17 heavy (non-hydrogen) atoms. The Labute approximate surface area is 103 Å². The van der Waals surface area contributed by atoms with Gasteiger partial charge in [-0.05, 0) is 42.7 Å². The first-order chi connectivity index (χ1) is 8.31. The SMILES string of the molecule is CCc1cccc(Nc2cccc(CC)n2)c1. The van der Waals surface area contributed by atoms with Gasteiger partial charge in [-0.2, -0.15) is 0 Å². The van der Waals surface area contributed by atoms with Crippen LogP contribution in [0.5, 0.6) is 0 Å². The van der Waals surface area contributed by atoms with Crippen LogP contribution >= 0.6 is 0 Å². The van der Waals surface area contributed by atoms with Crippen molar-refractivity contribution in [2.45, 2.75) is 26.7 Å². The molecule has 0 spiro atoms. The minimum absolute atomic E-state index is 0.914. The lowest BCUT2D eigenvalue weighted by Crippen LogP contribution is -1.96. The first-order valence-electron chi connectivity index (χ1n) is 6.13. The molecule has 0 radical (unpaired) electrons. The molecule has 2 nitrogen and oxygen atoms in total. The van der Waals surface area contributed by atoms with Crippen molar-refractivity contribution in [3.8, 4) is 0 Å². The molecular formula is C15H18N2. The second-order valence-electron chi connectivity index (χ2n) is 4.05. The Balaban J connectivity index is 2.18. The lowest BCUT2D eigenvalue weighted by Gasteiger charge is -2.08. The lowest BCUT2D eigenvalue weighted by atomic mass is 10.1. The fraction of sp³-hybridized carbons (Fsp3) is 0.267. The van der Waals surface area contributed by atoms with E-state index in [1.54, 1.807) is 0 Å². The predicted molar refractivity (Wildman–Crippen MR) is 72.7 cm³/mol. The molecule has 0 unspecified atom stereocenters. The number of nitrogens with one attached hydrogen (secondary N) is 1. The number of anilines is 2. The van der Waals surface area contributed by atoms with Crippen LogP contribution in [0.15, 0.2) is 42.5 Å².